The van der Waals surface area contributed by atoms with Crippen molar-refractivity contribution in [3.05, 3.63) is 231 Å². The molecule has 0 aliphatic carbocycles. The number of carbonyl (C=O) groups excluding carboxylic acids is 3. The Morgan fingerprint density at radius 1 is 0.330 bits per heavy atom. The summed E-state index contributed by atoms with van der Waals surface area (Å²) in [6.45, 7) is 4.40. The van der Waals surface area contributed by atoms with Crippen LogP contribution in [-0.2, 0) is 33.3 Å². The molecule has 0 fully saturated rings. The van der Waals surface area contributed by atoms with Crippen molar-refractivity contribution in [1.29, 1.82) is 0 Å². The van der Waals surface area contributed by atoms with Gasteiger partial charge >= 0.3 is 11.9 Å². The molecule has 0 amide bonds. The molecule has 0 aromatic heterocycles. The fourth-order valence-electron chi connectivity index (χ4n) is 8.20. The molecular formula is C82H123NO8. The number of likely N-dealkylation sites (N-methyl/N-ethyl adjacent to an activating group) is 1. The van der Waals surface area contributed by atoms with Crippen LogP contribution in [-0.4, -0.2) is 82.3 Å². The summed E-state index contributed by atoms with van der Waals surface area (Å²) in [5, 5.41) is 11.8. The fourth-order valence-corrected chi connectivity index (χ4v) is 8.20. The van der Waals surface area contributed by atoms with Crippen molar-refractivity contribution >= 4 is 17.9 Å². The van der Waals surface area contributed by atoms with Crippen LogP contribution in [0.15, 0.2) is 231 Å². The maximum Gasteiger partial charge on any atom is 0.306 e. The second-order valence-corrected chi connectivity index (χ2v) is 23.0. The number of carboxylic acids is 1. The molecule has 9 nitrogen and oxygen atoms in total. The highest BCUT2D eigenvalue weighted by Crippen LogP contribution is 2.12. The van der Waals surface area contributed by atoms with E-state index in [1.807, 2.05) is 21.1 Å². The molecule has 2 atom stereocenters. The zero-order valence-electron chi connectivity index (χ0n) is 57.3. The average Bonchev–Trinajstić information content (AvgIpc) is 3.46. The minimum atomic E-state index is -1.66. The average molecular weight is 1250 g/mol. The highest BCUT2D eigenvalue weighted by atomic mass is 16.7. The largest absolute Gasteiger partial charge is 0.545 e. The van der Waals surface area contributed by atoms with E-state index in [1.165, 1.54) is 0 Å². The SMILES string of the molecule is CC/C=C\C/C=C\C/C=C\C/C=C\C/C=C\C/C=C\C/C=C\C/C=C\C/C=C\C/C=C\CCCCC(=O)OC(COC(=O)CCCCCCC/C=C\C/C=C\C/C=C\C/C=C\C/C=C\C/C=C\C/C=C\C/C=C\C/C=C\CC)COC(OCC[N+](C)(C)C)C(=O)[O-]. The van der Waals surface area contributed by atoms with E-state index in [0.29, 0.717) is 23.9 Å². The summed E-state index contributed by atoms with van der Waals surface area (Å²) in [5.74, 6) is -2.40. The quantitative estimate of drug-likeness (QED) is 0.0195. The Balaban J connectivity index is 4.37. The number of carboxylic acid groups (broad SMARTS) is 1. The van der Waals surface area contributed by atoms with E-state index in [9.17, 15) is 19.5 Å². The molecule has 0 N–H and O–H groups in total. The number of nitrogens with zero attached hydrogens (tertiary/aromatic N) is 1. The van der Waals surface area contributed by atoms with E-state index in [0.717, 1.165) is 167 Å². The topological polar surface area (TPSA) is 111 Å². The first-order valence-corrected chi connectivity index (χ1v) is 34.5. The number of quaternary nitrogens is 1. The Bertz CT molecular complexity index is 2350. The van der Waals surface area contributed by atoms with Crippen LogP contribution in [0.2, 0.25) is 0 Å². The first-order valence-electron chi connectivity index (χ1n) is 34.5. The Morgan fingerprint density at radius 3 is 0.901 bits per heavy atom. The second kappa shape index (κ2) is 69.2. The van der Waals surface area contributed by atoms with Gasteiger partial charge in [0.15, 0.2) is 12.4 Å². The van der Waals surface area contributed by atoms with Gasteiger partial charge in [0.05, 0.1) is 40.3 Å². The maximum absolute atomic E-state index is 12.9. The molecule has 0 aliphatic rings. The van der Waals surface area contributed by atoms with Gasteiger partial charge < -0.3 is 33.3 Å². The Morgan fingerprint density at radius 2 is 0.593 bits per heavy atom. The van der Waals surface area contributed by atoms with Gasteiger partial charge in [-0.25, -0.2) is 0 Å². The van der Waals surface area contributed by atoms with E-state index in [1.54, 1.807) is 0 Å². The molecule has 0 bridgehead atoms. The predicted molar refractivity (Wildman–Crippen MR) is 388 cm³/mol. The van der Waals surface area contributed by atoms with E-state index < -0.39 is 30.3 Å². The van der Waals surface area contributed by atoms with Crippen molar-refractivity contribution in [2.45, 2.75) is 219 Å². The van der Waals surface area contributed by atoms with Crippen LogP contribution >= 0.6 is 0 Å². The van der Waals surface area contributed by atoms with Crippen molar-refractivity contribution in [2.24, 2.45) is 0 Å². The first kappa shape index (κ1) is 84.4. The third-order valence-corrected chi connectivity index (χ3v) is 13.4. The highest BCUT2D eigenvalue weighted by molar-refractivity contribution is 5.70. The van der Waals surface area contributed by atoms with E-state index in [-0.39, 0.29) is 32.7 Å². The van der Waals surface area contributed by atoms with E-state index in [2.05, 4.69) is 245 Å². The van der Waals surface area contributed by atoms with Crippen LogP contribution in [0.25, 0.3) is 0 Å². The van der Waals surface area contributed by atoms with Gasteiger partial charge in [0.2, 0.25) is 0 Å². The molecule has 0 radical (unpaired) electrons. The number of esters is 2. The smallest absolute Gasteiger partial charge is 0.306 e. The number of carbonyl (C=O) groups is 3. The summed E-state index contributed by atoms with van der Waals surface area (Å²) < 4.78 is 22.7. The molecule has 0 saturated carbocycles. The van der Waals surface area contributed by atoms with Gasteiger partial charge in [-0.15, -0.1) is 0 Å². The third-order valence-electron chi connectivity index (χ3n) is 13.4. The summed E-state index contributed by atoms with van der Waals surface area (Å²) in [6, 6.07) is 0. The molecule has 0 aromatic rings. The fraction of sp³-hybridized carbons (Fsp3) is 0.500. The third kappa shape index (κ3) is 70.7. The van der Waals surface area contributed by atoms with Gasteiger partial charge in [-0.2, -0.15) is 0 Å². The zero-order valence-corrected chi connectivity index (χ0v) is 57.3. The van der Waals surface area contributed by atoms with Crippen molar-refractivity contribution < 1.29 is 42.9 Å². The first-order chi connectivity index (χ1) is 44.6. The normalized spacial score (nSPS) is 14.2. The lowest BCUT2D eigenvalue weighted by molar-refractivity contribution is -0.870. The number of aliphatic carboxylic acids is 1. The number of ether oxygens (including phenoxy) is 4. The zero-order chi connectivity index (χ0) is 66.1. The minimum Gasteiger partial charge on any atom is -0.545 e. The summed E-state index contributed by atoms with van der Waals surface area (Å²) in [6.07, 6.45) is 108. The standard InChI is InChI=1S/C82H123NO8/c1-6-8-10-12-14-16-18-20-22-24-26-28-30-32-34-36-38-40-42-44-46-48-50-52-54-56-58-60-62-64-66-68-70-72-79(84)89-76-78(77-90-82(81(86)87)88-75-74-83(3,4)5)91-80(85)73-71-69-67-65-63-61-59-57-55-53-51-49-47-45-43-41-39-37-35-33-31-29-27-25-23-21-19-17-15-13-11-9-7-2/h8-11,14-17,20-23,26-29,32-35,38-41,44-47,50-53,56-59,63,65,78,82H,6-7,12-13,18-19,24-25,30-31,36-37,42-43,48-49,54-55,60-62,64,66-77H2,1-5H3/b10-8-,11-9-,16-14-,17-15-,22-20-,23-21-,28-26-,29-27-,34-32-,35-33-,40-38-,41-39-,46-44-,47-45-,52-50-,53-51-,58-56-,59-57-,65-63-. The lowest BCUT2D eigenvalue weighted by Gasteiger charge is -2.26. The Labute approximate surface area is 555 Å². The summed E-state index contributed by atoms with van der Waals surface area (Å²) >= 11 is 0. The number of hydrogen-bond donors (Lipinski definition) is 0. The summed E-state index contributed by atoms with van der Waals surface area (Å²) in [7, 11) is 5.88. The molecule has 0 heterocycles. The maximum atomic E-state index is 12.9. The lowest BCUT2D eigenvalue weighted by atomic mass is 10.1. The van der Waals surface area contributed by atoms with Gasteiger partial charge in [0, 0.05) is 12.8 Å². The molecule has 0 rings (SSSR count). The van der Waals surface area contributed by atoms with E-state index in [4.69, 9.17) is 18.9 Å². The number of allylic oxidation sites excluding steroid dienone is 38. The molecule has 91 heavy (non-hydrogen) atoms. The Kier molecular flexibility index (Phi) is 64.2. The van der Waals surface area contributed by atoms with Crippen LogP contribution < -0.4 is 5.11 Å². The molecular weight excluding hydrogens is 1130 g/mol. The van der Waals surface area contributed by atoms with Crippen LogP contribution in [0.4, 0.5) is 0 Å². The van der Waals surface area contributed by atoms with Gasteiger partial charge in [0.1, 0.15) is 13.2 Å². The van der Waals surface area contributed by atoms with Gasteiger partial charge in [-0.3, -0.25) is 9.59 Å². The monoisotopic (exact) mass is 1250 g/mol. The van der Waals surface area contributed by atoms with E-state index >= 15 is 0 Å². The van der Waals surface area contributed by atoms with Crippen LogP contribution in [0.3, 0.4) is 0 Å². The molecule has 0 saturated heterocycles. The summed E-state index contributed by atoms with van der Waals surface area (Å²) in [5.41, 5.74) is 0. The van der Waals surface area contributed by atoms with Crippen LogP contribution in [0.5, 0.6) is 0 Å². The van der Waals surface area contributed by atoms with Crippen molar-refractivity contribution in [2.75, 3.05) is 47.5 Å². The molecule has 504 valence electrons. The van der Waals surface area contributed by atoms with Crippen molar-refractivity contribution in [3.63, 3.8) is 0 Å². The van der Waals surface area contributed by atoms with Gasteiger partial charge in [-0.1, -0.05) is 264 Å². The summed E-state index contributed by atoms with van der Waals surface area (Å²) in [4.78, 5) is 37.5. The van der Waals surface area contributed by atoms with Crippen LogP contribution in [0, 0.1) is 0 Å². The molecule has 0 aromatic carbocycles. The molecule has 0 aliphatic heterocycles. The Hall–Kier alpha value is -6.65. The van der Waals surface area contributed by atoms with Crippen LogP contribution in [0.1, 0.15) is 206 Å². The number of rotatable bonds is 60. The van der Waals surface area contributed by atoms with Crippen molar-refractivity contribution in [1.82, 2.24) is 0 Å². The minimum absolute atomic E-state index is 0.121. The number of hydrogen-bond acceptors (Lipinski definition) is 8. The van der Waals surface area contributed by atoms with Gasteiger partial charge in [-0.05, 0) is 161 Å². The second-order valence-electron chi connectivity index (χ2n) is 23.0. The lowest BCUT2D eigenvalue weighted by Crippen LogP contribution is -2.44. The molecule has 9 heteroatoms. The predicted octanol–water partition coefficient (Wildman–Crippen LogP) is 20.6. The van der Waals surface area contributed by atoms with Crippen molar-refractivity contribution in [3.8, 4) is 0 Å². The number of unbranched alkanes of at least 4 members (excludes halogenated alkanes) is 7. The molecule has 2 unspecified atom stereocenters. The van der Waals surface area contributed by atoms with Gasteiger partial charge in [0.25, 0.3) is 0 Å². The highest BCUT2D eigenvalue weighted by Gasteiger charge is 2.22. The molecule has 0 spiro atoms.